The smallest absolute Gasteiger partial charge is 0.271 e. The molecule has 1 saturated heterocycles. The predicted molar refractivity (Wildman–Crippen MR) is 81.9 cm³/mol. The molecule has 24 heavy (non-hydrogen) atoms. The quantitative estimate of drug-likeness (QED) is 0.902. The van der Waals surface area contributed by atoms with Gasteiger partial charge in [0.05, 0.1) is 12.7 Å². The molecule has 0 aromatic heterocycles. The fraction of sp³-hybridized carbons (Fsp3) is 0.529. The van der Waals surface area contributed by atoms with E-state index in [0.717, 1.165) is 6.92 Å². The molecule has 128 valence electrons. The van der Waals surface area contributed by atoms with Gasteiger partial charge in [-0.3, -0.25) is 4.99 Å². The highest BCUT2D eigenvalue weighted by Gasteiger charge is 2.62. The Morgan fingerprint density at radius 2 is 2.08 bits per heavy atom. The van der Waals surface area contributed by atoms with Gasteiger partial charge in [0.1, 0.15) is 28.7 Å². The Labute approximate surface area is 138 Å². The maximum atomic E-state index is 14.4. The molecular formula is C17H18F3N3O. The number of rotatable bonds is 2. The summed E-state index contributed by atoms with van der Waals surface area (Å²) >= 11 is 0. The number of fused-ring (bicyclic) bond motifs is 1. The fourth-order valence-corrected chi connectivity index (χ4v) is 3.72. The van der Waals surface area contributed by atoms with Crippen molar-refractivity contribution in [2.24, 2.45) is 22.1 Å². The molecule has 0 spiro atoms. The van der Waals surface area contributed by atoms with E-state index in [9.17, 15) is 18.4 Å². The molecule has 0 aliphatic carbocycles. The van der Waals surface area contributed by atoms with Crippen LogP contribution in [0.1, 0.15) is 25.8 Å². The van der Waals surface area contributed by atoms with Gasteiger partial charge < -0.3 is 10.5 Å². The topological polar surface area (TPSA) is 71.4 Å². The Hall–Kier alpha value is -2.07. The third-order valence-corrected chi connectivity index (χ3v) is 5.06. The second kappa shape index (κ2) is 5.21. The Bertz CT molecular complexity index is 739. The fourth-order valence-electron chi connectivity index (χ4n) is 3.72. The van der Waals surface area contributed by atoms with Gasteiger partial charge in [-0.05, 0) is 19.4 Å². The Morgan fingerprint density at radius 1 is 1.42 bits per heavy atom. The first kappa shape index (κ1) is 16.8. The molecule has 0 bridgehead atoms. The van der Waals surface area contributed by atoms with Crippen LogP contribution in [-0.4, -0.2) is 24.5 Å². The molecule has 0 saturated carbocycles. The van der Waals surface area contributed by atoms with Crippen molar-refractivity contribution in [3.63, 3.8) is 0 Å². The van der Waals surface area contributed by atoms with Crippen molar-refractivity contribution >= 4 is 5.84 Å². The molecule has 4 nitrogen and oxygen atoms in total. The van der Waals surface area contributed by atoms with Gasteiger partial charge in [-0.2, -0.15) is 5.26 Å². The van der Waals surface area contributed by atoms with Gasteiger partial charge in [-0.1, -0.05) is 18.2 Å². The van der Waals surface area contributed by atoms with Gasteiger partial charge in [0.2, 0.25) is 0 Å². The summed E-state index contributed by atoms with van der Waals surface area (Å²) in [6.45, 7) is 2.12. The van der Waals surface area contributed by atoms with E-state index < -0.39 is 34.7 Å². The van der Waals surface area contributed by atoms with E-state index >= 15 is 0 Å². The molecule has 1 aromatic rings. The van der Waals surface area contributed by atoms with Crippen molar-refractivity contribution in [3.05, 3.63) is 35.6 Å². The number of hydrogen-bond acceptors (Lipinski definition) is 4. The normalized spacial score (nSPS) is 35.9. The van der Waals surface area contributed by atoms with Gasteiger partial charge in [-0.15, -0.1) is 0 Å². The molecule has 0 radical (unpaired) electrons. The molecule has 4 atom stereocenters. The number of benzene rings is 1. The first-order chi connectivity index (χ1) is 11.1. The molecule has 1 unspecified atom stereocenters. The lowest BCUT2D eigenvalue weighted by Crippen LogP contribution is -2.51. The van der Waals surface area contributed by atoms with Crippen LogP contribution in [0, 0.1) is 28.5 Å². The van der Waals surface area contributed by atoms with E-state index in [-0.39, 0.29) is 24.4 Å². The van der Waals surface area contributed by atoms with E-state index in [1.54, 1.807) is 13.0 Å². The largest absolute Gasteiger partial charge is 0.386 e. The van der Waals surface area contributed by atoms with Crippen LogP contribution in [-0.2, 0) is 10.3 Å². The van der Waals surface area contributed by atoms with Crippen molar-refractivity contribution in [1.82, 2.24) is 0 Å². The van der Waals surface area contributed by atoms with Crippen molar-refractivity contribution in [2.45, 2.75) is 37.8 Å². The number of nitriles is 1. The summed E-state index contributed by atoms with van der Waals surface area (Å²) < 4.78 is 47.9. The standard InChI is InChI=1S/C17H18F3N3O/c1-15(8-21)7-11-13(16(2,19)20)24-9-17(11,23-14(15)22)10-5-3-4-6-12(10)18/h3-6,11,13H,7,9H2,1-2H3,(H2,22,23)/t11-,13+,15?,17-/m1/s1. The molecule has 2 aliphatic rings. The van der Waals surface area contributed by atoms with Crippen LogP contribution < -0.4 is 5.73 Å². The summed E-state index contributed by atoms with van der Waals surface area (Å²) in [5, 5.41) is 9.43. The Morgan fingerprint density at radius 3 is 2.67 bits per heavy atom. The highest BCUT2D eigenvalue weighted by atomic mass is 19.3. The Balaban J connectivity index is 2.22. The van der Waals surface area contributed by atoms with Gasteiger partial charge in [0.15, 0.2) is 0 Å². The third-order valence-electron chi connectivity index (χ3n) is 5.06. The lowest BCUT2D eigenvalue weighted by molar-refractivity contribution is -0.118. The molecule has 2 aliphatic heterocycles. The van der Waals surface area contributed by atoms with Crippen molar-refractivity contribution in [3.8, 4) is 6.07 Å². The summed E-state index contributed by atoms with van der Waals surface area (Å²) in [5.74, 6) is -4.53. The summed E-state index contributed by atoms with van der Waals surface area (Å²) in [7, 11) is 0. The average molecular weight is 337 g/mol. The van der Waals surface area contributed by atoms with E-state index in [2.05, 4.69) is 4.99 Å². The number of halogens is 3. The van der Waals surface area contributed by atoms with E-state index in [4.69, 9.17) is 10.5 Å². The lowest BCUT2D eigenvalue weighted by atomic mass is 9.66. The van der Waals surface area contributed by atoms with Crippen LogP contribution in [0.15, 0.2) is 29.3 Å². The highest BCUT2D eigenvalue weighted by molar-refractivity contribution is 5.90. The first-order valence-electron chi connectivity index (χ1n) is 7.65. The predicted octanol–water partition coefficient (Wildman–Crippen LogP) is 2.98. The molecule has 2 N–H and O–H groups in total. The summed E-state index contributed by atoms with van der Waals surface area (Å²) in [6.07, 6.45) is -1.43. The van der Waals surface area contributed by atoms with Gasteiger partial charge in [-0.25, -0.2) is 13.2 Å². The maximum absolute atomic E-state index is 14.4. The second-order valence-corrected chi connectivity index (χ2v) is 6.84. The maximum Gasteiger partial charge on any atom is 0.271 e. The minimum absolute atomic E-state index is 0.0215. The van der Waals surface area contributed by atoms with Gasteiger partial charge in [0.25, 0.3) is 5.92 Å². The van der Waals surface area contributed by atoms with Crippen LogP contribution in [0.3, 0.4) is 0 Å². The number of hydrogen-bond donors (Lipinski definition) is 1. The summed E-state index contributed by atoms with van der Waals surface area (Å²) in [5.41, 5.74) is 3.62. The van der Waals surface area contributed by atoms with E-state index in [1.807, 2.05) is 6.07 Å². The van der Waals surface area contributed by atoms with Crippen LogP contribution in [0.25, 0.3) is 0 Å². The molecule has 1 aromatic carbocycles. The average Bonchev–Trinajstić information content (AvgIpc) is 2.87. The third kappa shape index (κ3) is 2.28. The first-order valence-corrected chi connectivity index (χ1v) is 7.65. The van der Waals surface area contributed by atoms with E-state index in [1.165, 1.54) is 18.2 Å². The number of aliphatic imine (C=N–C) groups is 1. The zero-order chi connectivity index (χ0) is 17.8. The van der Waals surface area contributed by atoms with Crippen LogP contribution >= 0.6 is 0 Å². The van der Waals surface area contributed by atoms with E-state index in [0.29, 0.717) is 0 Å². The minimum Gasteiger partial charge on any atom is -0.386 e. The van der Waals surface area contributed by atoms with Crippen LogP contribution in [0.2, 0.25) is 0 Å². The number of nitrogens with zero attached hydrogens (tertiary/aromatic N) is 2. The number of ether oxygens (including phenoxy) is 1. The molecule has 1 fully saturated rings. The molecule has 7 heteroatoms. The summed E-state index contributed by atoms with van der Waals surface area (Å²) in [6, 6.07) is 7.94. The van der Waals surface area contributed by atoms with Crippen LogP contribution in [0.4, 0.5) is 13.2 Å². The number of nitrogens with two attached hydrogens (primary N) is 1. The number of amidine groups is 1. The number of alkyl halides is 2. The zero-order valence-corrected chi connectivity index (χ0v) is 13.4. The van der Waals surface area contributed by atoms with Gasteiger partial charge in [0, 0.05) is 18.4 Å². The molecule has 3 rings (SSSR count). The lowest BCUT2D eigenvalue weighted by Gasteiger charge is -2.42. The minimum atomic E-state index is -3.14. The SMILES string of the molecule is CC1(C#N)C[C@@H]2[C@@H](C(C)(F)F)OC[C@]2(c2ccccc2F)N=C1N. The van der Waals surface area contributed by atoms with Crippen molar-refractivity contribution < 1.29 is 17.9 Å². The second-order valence-electron chi connectivity index (χ2n) is 6.84. The zero-order valence-electron chi connectivity index (χ0n) is 13.4. The molecule has 0 amide bonds. The Kier molecular flexibility index (Phi) is 3.64. The van der Waals surface area contributed by atoms with Crippen LogP contribution in [0.5, 0.6) is 0 Å². The van der Waals surface area contributed by atoms with Gasteiger partial charge >= 0.3 is 0 Å². The van der Waals surface area contributed by atoms with Crippen molar-refractivity contribution in [1.29, 1.82) is 5.26 Å². The molecular weight excluding hydrogens is 319 g/mol. The van der Waals surface area contributed by atoms with Crippen molar-refractivity contribution in [2.75, 3.05) is 6.61 Å². The monoisotopic (exact) mass is 337 g/mol. The summed E-state index contributed by atoms with van der Waals surface area (Å²) in [4.78, 5) is 4.37. The highest BCUT2D eigenvalue weighted by Crippen LogP contribution is 2.54. The molecule has 2 heterocycles.